The third-order valence-electron chi connectivity index (χ3n) is 3.55. The van der Waals surface area contributed by atoms with E-state index in [9.17, 15) is 5.11 Å². The van der Waals surface area contributed by atoms with Crippen molar-refractivity contribution in [3.63, 3.8) is 0 Å². The number of fused-ring (bicyclic) bond motifs is 1. The van der Waals surface area contributed by atoms with Crippen molar-refractivity contribution in [2.75, 3.05) is 5.32 Å². The fraction of sp³-hybridized carbons (Fsp3) is 0.357. The van der Waals surface area contributed by atoms with Crippen LogP contribution in [0, 0.1) is 6.92 Å². The summed E-state index contributed by atoms with van der Waals surface area (Å²) in [5, 5.41) is 17.4. The number of rotatable bonds is 2. The molecule has 1 unspecified atom stereocenters. The molecular weight excluding hydrogens is 226 g/mol. The van der Waals surface area contributed by atoms with Gasteiger partial charge in [-0.25, -0.2) is 0 Å². The molecule has 0 spiro atoms. The molecule has 3 rings (SSSR count). The van der Waals surface area contributed by atoms with Crippen LogP contribution in [0.15, 0.2) is 24.4 Å². The molecule has 1 aliphatic rings. The summed E-state index contributed by atoms with van der Waals surface area (Å²) in [5.41, 5.74) is 4.64. The summed E-state index contributed by atoms with van der Waals surface area (Å²) in [5.74, 6) is 0.354. The zero-order valence-electron chi connectivity index (χ0n) is 10.6. The zero-order valence-corrected chi connectivity index (χ0v) is 10.6. The van der Waals surface area contributed by atoms with E-state index in [4.69, 9.17) is 0 Å². The van der Waals surface area contributed by atoms with Gasteiger partial charge in [0.05, 0.1) is 17.4 Å². The highest BCUT2D eigenvalue weighted by molar-refractivity contribution is 5.51. The summed E-state index contributed by atoms with van der Waals surface area (Å²) < 4.78 is 1.82. The SMILES string of the molecule is Cc1nn(C)cc1NC1CCc2cc(O)ccc21. The van der Waals surface area contributed by atoms with E-state index in [2.05, 4.69) is 10.4 Å². The lowest BCUT2D eigenvalue weighted by atomic mass is 10.1. The first-order valence-corrected chi connectivity index (χ1v) is 6.22. The van der Waals surface area contributed by atoms with E-state index < -0.39 is 0 Å². The van der Waals surface area contributed by atoms with E-state index in [0.717, 1.165) is 24.2 Å². The number of aromatic nitrogens is 2. The van der Waals surface area contributed by atoms with Gasteiger partial charge in [-0.1, -0.05) is 6.07 Å². The van der Waals surface area contributed by atoms with E-state index >= 15 is 0 Å². The van der Waals surface area contributed by atoms with Gasteiger partial charge in [0.25, 0.3) is 0 Å². The summed E-state index contributed by atoms with van der Waals surface area (Å²) in [6.45, 7) is 2.01. The molecule has 4 nitrogen and oxygen atoms in total. The minimum Gasteiger partial charge on any atom is -0.508 e. The Morgan fingerprint density at radius 3 is 3.00 bits per heavy atom. The summed E-state index contributed by atoms with van der Waals surface area (Å²) >= 11 is 0. The molecule has 2 aromatic rings. The smallest absolute Gasteiger partial charge is 0.115 e. The molecule has 2 N–H and O–H groups in total. The van der Waals surface area contributed by atoms with Crippen LogP contribution in [0.5, 0.6) is 5.75 Å². The van der Waals surface area contributed by atoms with Gasteiger partial charge in [-0.3, -0.25) is 4.68 Å². The van der Waals surface area contributed by atoms with E-state index in [0.29, 0.717) is 11.8 Å². The van der Waals surface area contributed by atoms with Gasteiger partial charge in [-0.2, -0.15) is 5.10 Å². The predicted octanol–water partition coefficient (Wildman–Crippen LogP) is 2.53. The second kappa shape index (κ2) is 4.05. The van der Waals surface area contributed by atoms with Crippen molar-refractivity contribution in [2.24, 2.45) is 7.05 Å². The fourth-order valence-corrected chi connectivity index (χ4v) is 2.68. The Hall–Kier alpha value is -1.97. The normalized spacial score (nSPS) is 17.8. The number of nitrogens with zero attached hydrogens (tertiary/aromatic N) is 2. The first kappa shape index (κ1) is 11.1. The summed E-state index contributed by atoms with van der Waals surface area (Å²) in [7, 11) is 1.93. The lowest BCUT2D eigenvalue weighted by Gasteiger charge is -2.14. The second-order valence-corrected chi connectivity index (χ2v) is 4.92. The second-order valence-electron chi connectivity index (χ2n) is 4.92. The number of aryl methyl sites for hydroxylation is 3. The molecule has 1 atom stereocenters. The minimum atomic E-state index is 0.323. The molecule has 1 aromatic carbocycles. The molecule has 1 heterocycles. The molecule has 0 amide bonds. The predicted molar refractivity (Wildman–Crippen MR) is 70.7 cm³/mol. The molecule has 18 heavy (non-hydrogen) atoms. The van der Waals surface area contributed by atoms with Gasteiger partial charge < -0.3 is 10.4 Å². The standard InChI is InChI=1S/C14H17N3O/c1-9-14(8-17(2)16-9)15-13-6-3-10-7-11(18)4-5-12(10)13/h4-5,7-8,13,15,18H,3,6H2,1-2H3. The van der Waals surface area contributed by atoms with Gasteiger partial charge in [0.1, 0.15) is 5.75 Å². The monoisotopic (exact) mass is 243 g/mol. The maximum Gasteiger partial charge on any atom is 0.115 e. The average molecular weight is 243 g/mol. The quantitative estimate of drug-likeness (QED) is 0.852. The van der Waals surface area contributed by atoms with Crippen molar-refractivity contribution in [3.05, 3.63) is 41.2 Å². The molecule has 94 valence electrons. The Morgan fingerprint density at radius 2 is 2.28 bits per heavy atom. The highest BCUT2D eigenvalue weighted by Gasteiger charge is 2.23. The van der Waals surface area contributed by atoms with Crippen molar-refractivity contribution in [3.8, 4) is 5.75 Å². The van der Waals surface area contributed by atoms with Gasteiger partial charge >= 0.3 is 0 Å². The van der Waals surface area contributed by atoms with Gasteiger partial charge in [-0.05, 0) is 43.0 Å². The van der Waals surface area contributed by atoms with Crippen LogP contribution >= 0.6 is 0 Å². The topological polar surface area (TPSA) is 50.1 Å². The number of nitrogens with one attached hydrogen (secondary N) is 1. The van der Waals surface area contributed by atoms with Crippen molar-refractivity contribution in [1.82, 2.24) is 9.78 Å². The Bertz CT molecular complexity index is 589. The molecule has 0 bridgehead atoms. The van der Waals surface area contributed by atoms with Gasteiger partial charge in [-0.15, -0.1) is 0 Å². The van der Waals surface area contributed by atoms with Crippen LogP contribution in [0.25, 0.3) is 0 Å². The maximum atomic E-state index is 9.49. The van der Waals surface area contributed by atoms with Crippen LogP contribution < -0.4 is 5.32 Å². The minimum absolute atomic E-state index is 0.323. The Morgan fingerprint density at radius 1 is 1.44 bits per heavy atom. The maximum absolute atomic E-state index is 9.49. The largest absolute Gasteiger partial charge is 0.508 e. The zero-order chi connectivity index (χ0) is 12.7. The van der Waals surface area contributed by atoms with Crippen LogP contribution in [0.3, 0.4) is 0 Å². The molecular formula is C14H17N3O. The third kappa shape index (κ3) is 1.83. The van der Waals surface area contributed by atoms with Crippen LogP contribution in [0.2, 0.25) is 0 Å². The summed E-state index contributed by atoms with van der Waals surface area (Å²) in [6.07, 6.45) is 4.08. The first-order valence-electron chi connectivity index (χ1n) is 6.22. The number of hydrogen-bond acceptors (Lipinski definition) is 3. The van der Waals surface area contributed by atoms with E-state index in [1.807, 2.05) is 37.0 Å². The van der Waals surface area contributed by atoms with Gasteiger partial charge in [0, 0.05) is 13.2 Å². The molecule has 0 fully saturated rings. The van der Waals surface area contributed by atoms with Crippen LogP contribution in [-0.4, -0.2) is 14.9 Å². The lowest BCUT2D eigenvalue weighted by Crippen LogP contribution is -2.07. The number of phenols is 1. The van der Waals surface area contributed by atoms with Crippen LogP contribution in [0.4, 0.5) is 5.69 Å². The average Bonchev–Trinajstić information content (AvgIpc) is 2.84. The summed E-state index contributed by atoms with van der Waals surface area (Å²) in [4.78, 5) is 0. The number of aromatic hydroxyl groups is 1. The number of phenolic OH excluding ortho intramolecular Hbond substituents is 1. The van der Waals surface area contributed by atoms with Crippen molar-refractivity contribution < 1.29 is 5.11 Å². The molecule has 0 saturated carbocycles. The molecule has 0 aliphatic heterocycles. The van der Waals surface area contributed by atoms with Crippen LogP contribution in [0.1, 0.15) is 29.3 Å². The number of anilines is 1. The molecule has 0 radical (unpaired) electrons. The number of benzene rings is 1. The van der Waals surface area contributed by atoms with Crippen LogP contribution in [-0.2, 0) is 13.5 Å². The Balaban J connectivity index is 1.87. The van der Waals surface area contributed by atoms with Crippen molar-refractivity contribution in [2.45, 2.75) is 25.8 Å². The highest BCUT2D eigenvalue weighted by Crippen LogP contribution is 2.35. The highest BCUT2D eigenvalue weighted by atomic mass is 16.3. The lowest BCUT2D eigenvalue weighted by molar-refractivity contribution is 0.474. The van der Waals surface area contributed by atoms with E-state index in [1.54, 1.807) is 6.07 Å². The third-order valence-corrected chi connectivity index (χ3v) is 3.55. The first-order chi connectivity index (χ1) is 8.63. The molecule has 4 heteroatoms. The van der Waals surface area contributed by atoms with E-state index in [1.165, 1.54) is 11.1 Å². The van der Waals surface area contributed by atoms with Crippen molar-refractivity contribution in [1.29, 1.82) is 0 Å². The van der Waals surface area contributed by atoms with Gasteiger partial charge in [0.2, 0.25) is 0 Å². The molecule has 1 aliphatic carbocycles. The molecule has 0 saturated heterocycles. The van der Waals surface area contributed by atoms with Crippen molar-refractivity contribution >= 4 is 5.69 Å². The number of hydrogen-bond donors (Lipinski definition) is 2. The van der Waals surface area contributed by atoms with Gasteiger partial charge in [0.15, 0.2) is 0 Å². The fourth-order valence-electron chi connectivity index (χ4n) is 2.68. The summed E-state index contributed by atoms with van der Waals surface area (Å²) in [6, 6.07) is 5.96. The Kier molecular flexibility index (Phi) is 2.51. The Labute approximate surface area is 106 Å². The molecule has 1 aromatic heterocycles. The van der Waals surface area contributed by atoms with E-state index in [-0.39, 0.29) is 0 Å².